The van der Waals surface area contributed by atoms with Crippen LogP contribution in [0.2, 0.25) is 0 Å². The predicted molar refractivity (Wildman–Crippen MR) is 100 cm³/mol. The Hall–Kier alpha value is -3.06. The van der Waals surface area contributed by atoms with Gasteiger partial charge in [0.1, 0.15) is 0 Å². The third-order valence-corrected chi connectivity index (χ3v) is 4.84. The predicted octanol–water partition coefficient (Wildman–Crippen LogP) is -0.0584. The Balaban J connectivity index is 1.68. The Morgan fingerprint density at radius 3 is 2.56 bits per heavy atom. The minimum Gasteiger partial charge on any atom is -0.300 e. The standard InChI is InChI=1S/C14H14N6O5S2/c1-27(24,25)19-14-17-16-13(26-14)15-10(21)6-7-20-12(23)9-5-3-2-4-8(9)11(22)18-20/h2-5H,6-7H2,1H3,(H,17,19)(H,18,22)(H,15,16,21). The molecule has 0 aliphatic carbocycles. The first kappa shape index (κ1) is 18.7. The molecule has 13 heteroatoms. The number of aryl methyl sites for hydroxylation is 1. The van der Waals surface area contributed by atoms with E-state index in [2.05, 4.69) is 25.3 Å². The number of nitrogens with one attached hydrogen (secondary N) is 3. The molecule has 0 saturated heterocycles. The average Bonchev–Trinajstić information content (AvgIpc) is 3.01. The third-order valence-electron chi connectivity index (χ3n) is 3.39. The Kier molecular flexibility index (Phi) is 5.05. The maximum Gasteiger partial charge on any atom is 0.273 e. The van der Waals surface area contributed by atoms with Crippen LogP contribution in [0.1, 0.15) is 6.42 Å². The van der Waals surface area contributed by atoms with Gasteiger partial charge in [0.15, 0.2) is 0 Å². The van der Waals surface area contributed by atoms with E-state index in [-0.39, 0.29) is 34.0 Å². The van der Waals surface area contributed by atoms with Crippen molar-refractivity contribution in [1.29, 1.82) is 0 Å². The second-order valence-electron chi connectivity index (χ2n) is 5.53. The summed E-state index contributed by atoms with van der Waals surface area (Å²) in [5.74, 6) is -0.474. The first-order valence-corrected chi connectivity index (χ1v) is 10.3. The lowest BCUT2D eigenvalue weighted by atomic mass is 10.2. The van der Waals surface area contributed by atoms with Crippen LogP contribution >= 0.6 is 11.3 Å². The molecular formula is C14H14N6O5S2. The van der Waals surface area contributed by atoms with E-state index in [0.29, 0.717) is 0 Å². The number of hydrogen-bond acceptors (Lipinski definition) is 8. The quantitative estimate of drug-likeness (QED) is 0.514. The van der Waals surface area contributed by atoms with Crippen LogP contribution in [-0.4, -0.2) is 40.6 Å². The van der Waals surface area contributed by atoms with Gasteiger partial charge in [0, 0.05) is 6.42 Å². The van der Waals surface area contributed by atoms with Crippen LogP contribution in [0.3, 0.4) is 0 Å². The highest BCUT2D eigenvalue weighted by Gasteiger charge is 2.12. The molecule has 3 N–H and O–H groups in total. The number of sulfonamides is 1. The molecule has 142 valence electrons. The van der Waals surface area contributed by atoms with Crippen molar-refractivity contribution >= 4 is 48.3 Å². The van der Waals surface area contributed by atoms with Gasteiger partial charge in [0.2, 0.25) is 26.2 Å². The van der Waals surface area contributed by atoms with Crippen LogP contribution in [-0.2, 0) is 21.4 Å². The largest absolute Gasteiger partial charge is 0.300 e. The minimum absolute atomic E-state index is 0.0166. The molecule has 2 heterocycles. The number of carbonyl (C=O) groups excluding carboxylic acids is 1. The van der Waals surface area contributed by atoms with E-state index in [1.165, 1.54) is 0 Å². The first-order valence-electron chi connectivity index (χ1n) is 7.56. The Morgan fingerprint density at radius 1 is 1.19 bits per heavy atom. The number of fused-ring (bicyclic) bond motifs is 1. The number of anilines is 2. The molecule has 27 heavy (non-hydrogen) atoms. The lowest BCUT2D eigenvalue weighted by Crippen LogP contribution is -2.31. The molecule has 0 fully saturated rings. The first-order chi connectivity index (χ1) is 12.7. The Bertz CT molecular complexity index is 1230. The summed E-state index contributed by atoms with van der Waals surface area (Å²) in [6.07, 6.45) is 0.858. The van der Waals surface area contributed by atoms with Gasteiger partial charge < -0.3 is 5.32 Å². The second kappa shape index (κ2) is 7.28. The highest BCUT2D eigenvalue weighted by atomic mass is 32.2. The van der Waals surface area contributed by atoms with Crippen LogP contribution in [0, 0.1) is 0 Å². The van der Waals surface area contributed by atoms with E-state index in [1.807, 2.05) is 0 Å². The summed E-state index contributed by atoms with van der Waals surface area (Å²) in [5, 5.41) is 12.8. The van der Waals surface area contributed by atoms with E-state index in [4.69, 9.17) is 0 Å². The van der Waals surface area contributed by atoms with E-state index >= 15 is 0 Å². The number of carbonyl (C=O) groups is 1. The van der Waals surface area contributed by atoms with Gasteiger partial charge in [-0.05, 0) is 12.1 Å². The van der Waals surface area contributed by atoms with Gasteiger partial charge in [-0.15, -0.1) is 10.2 Å². The van der Waals surface area contributed by atoms with Crippen molar-refractivity contribution in [2.24, 2.45) is 0 Å². The summed E-state index contributed by atoms with van der Waals surface area (Å²) >= 11 is 0.846. The molecule has 0 radical (unpaired) electrons. The van der Waals surface area contributed by atoms with E-state index < -0.39 is 27.0 Å². The second-order valence-corrected chi connectivity index (χ2v) is 8.25. The Labute approximate surface area is 156 Å². The normalized spacial score (nSPS) is 11.4. The van der Waals surface area contributed by atoms with Gasteiger partial charge in [0.25, 0.3) is 11.1 Å². The molecule has 0 aliphatic rings. The zero-order valence-electron chi connectivity index (χ0n) is 13.9. The fraction of sp³-hybridized carbons (Fsp3) is 0.214. The van der Waals surface area contributed by atoms with Gasteiger partial charge in [0.05, 0.1) is 23.6 Å². The van der Waals surface area contributed by atoms with Crippen molar-refractivity contribution in [3.63, 3.8) is 0 Å². The van der Waals surface area contributed by atoms with Crippen molar-refractivity contribution < 1.29 is 13.2 Å². The topological polar surface area (TPSA) is 156 Å². The smallest absolute Gasteiger partial charge is 0.273 e. The summed E-state index contributed by atoms with van der Waals surface area (Å²) < 4.78 is 25.5. The zero-order chi connectivity index (χ0) is 19.6. The van der Waals surface area contributed by atoms with Gasteiger partial charge in [-0.3, -0.25) is 24.2 Å². The van der Waals surface area contributed by atoms with Crippen molar-refractivity contribution in [3.8, 4) is 0 Å². The molecule has 0 spiro atoms. The van der Waals surface area contributed by atoms with Crippen LogP contribution < -0.4 is 21.2 Å². The summed E-state index contributed by atoms with van der Waals surface area (Å²) in [6, 6.07) is 6.40. The number of rotatable bonds is 6. The highest BCUT2D eigenvalue weighted by molar-refractivity contribution is 7.92. The molecule has 11 nitrogen and oxygen atoms in total. The molecule has 0 bridgehead atoms. The zero-order valence-corrected chi connectivity index (χ0v) is 15.6. The molecule has 1 amide bonds. The summed E-state index contributed by atoms with van der Waals surface area (Å²) in [5.41, 5.74) is -0.834. The van der Waals surface area contributed by atoms with Crippen molar-refractivity contribution in [2.45, 2.75) is 13.0 Å². The number of H-pyrrole nitrogens is 1. The van der Waals surface area contributed by atoms with Gasteiger partial charge >= 0.3 is 0 Å². The van der Waals surface area contributed by atoms with E-state index in [9.17, 15) is 22.8 Å². The Morgan fingerprint density at radius 2 is 1.85 bits per heavy atom. The number of amides is 1. The average molecular weight is 410 g/mol. The molecular weight excluding hydrogens is 396 g/mol. The van der Waals surface area contributed by atoms with E-state index in [1.54, 1.807) is 24.3 Å². The molecule has 0 aliphatic heterocycles. The summed E-state index contributed by atoms with van der Waals surface area (Å²) in [6.45, 7) is -0.0437. The molecule has 0 atom stereocenters. The third kappa shape index (κ3) is 4.57. The molecule has 0 unspecified atom stereocenters. The molecule has 3 aromatic rings. The van der Waals surface area contributed by atoms with Gasteiger partial charge in [-0.25, -0.2) is 13.1 Å². The summed E-state index contributed by atoms with van der Waals surface area (Å²) in [4.78, 5) is 36.4. The van der Waals surface area contributed by atoms with Gasteiger partial charge in [-0.1, -0.05) is 23.5 Å². The molecule has 1 aromatic carbocycles. The number of hydrogen-bond donors (Lipinski definition) is 3. The molecule has 2 aromatic heterocycles. The van der Waals surface area contributed by atoms with Crippen molar-refractivity contribution in [2.75, 3.05) is 16.3 Å². The maximum absolute atomic E-state index is 12.4. The van der Waals surface area contributed by atoms with Crippen LogP contribution in [0.15, 0.2) is 33.9 Å². The number of aromatic amines is 1. The summed E-state index contributed by atoms with van der Waals surface area (Å²) in [7, 11) is -3.49. The fourth-order valence-corrected chi connectivity index (χ4v) is 3.76. The SMILES string of the molecule is CS(=O)(=O)Nc1nnc(NC(=O)CCn2[nH]c(=O)c3ccccc3c2=O)s1. The number of benzene rings is 1. The highest BCUT2D eigenvalue weighted by Crippen LogP contribution is 2.20. The fourth-order valence-electron chi connectivity index (χ4n) is 2.27. The molecule has 0 saturated carbocycles. The monoisotopic (exact) mass is 410 g/mol. The van der Waals surface area contributed by atoms with Crippen molar-refractivity contribution in [1.82, 2.24) is 20.0 Å². The molecule has 3 rings (SSSR count). The van der Waals surface area contributed by atoms with Gasteiger partial charge in [-0.2, -0.15) is 0 Å². The van der Waals surface area contributed by atoms with Crippen molar-refractivity contribution in [3.05, 3.63) is 45.0 Å². The van der Waals surface area contributed by atoms with Crippen LogP contribution in [0.5, 0.6) is 0 Å². The van der Waals surface area contributed by atoms with Crippen LogP contribution in [0.4, 0.5) is 10.3 Å². The number of aromatic nitrogens is 4. The lowest BCUT2D eigenvalue weighted by Gasteiger charge is -2.06. The van der Waals surface area contributed by atoms with E-state index in [0.717, 1.165) is 22.3 Å². The number of nitrogens with zero attached hydrogens (tertiary/aromatic N) is 3. The maximum atomic E-state index is 12.4. The van der Waals surface area contributed by atoms with Crippen LogP contribution in [0.25, 0.3) is 10.8 Å². The lowest BCUT2D eigenvalue weighted by molar-refractivity contribution is -0.116. The minimum atomic E-state index is -3.49.